The van der Waals surface area contributed by atoms with Gasteiger partial charge in [-0.1, -0.05) is 67.9 Å². The summed E-state index contributed by atoms with van der Waals surface area (Å²) in [7, 11) is 3.31. The van der Waals surface area contributed by atoms with Crippen molar-refractivity contribution in [1.29, 1.82) is 0 Å². The van der Waals surface area contributed by atoms with E-state index in [1.165, 1.54) is 0 Å². The van der Waals surface area contributed by atoms with Gasteiger partial charge in [-0.05, 0) is 66.1 Å². The molecule has 0 aromatic heterocycles. The van der Waals surface area contributed by atoms with Gasteiger partial charge in [0.05, 0.1) is 77.6 Å². The molecule has 1 aliphatic rings. The fourth-order valence-corrected chi connectivity index (χ4v) is 7.06. The second-order valence-corrected chi connectivity index (χ2v) is 14.2. The Hall–Kier alpha value is -4.31. The Morgan fingerprint density at radius 1 is 0.807 bits per heavy atom. The smallest absolute Gasteiger partial charge is 0.222 e. The van der Waals surface area contributed by atoms with Crippen LogP contribution in [0.5, 0.6) is 17.2 Å². The molecule has 1 fully saturated rings. The fraction of sp³-hybridized carbons (Fsp3) is 0.477. The van der Waals surface area contributed by atoms with E-state index in [-0.39, 0.29) is 37.0 Å². The van der Waals surface area contributed by atoms with Gasteiger partial charge in [0.1, 0.15) is 17.2 Å². The second kappa shape index (κ2) is 23.2. The van der Waals surface area contributed by atoms with Crippen LogP contribution in [-0.2, 0) is 37.1 Å². The van der Waals surface area contributed by atoms with Crippen LogP contribution in [0.15, 0.2) is 84.9 Å². The lowest BCUT2D eigenvalue weighted by Crippen LogP contribution is -2.54. The van der Waals surface area contributed by atoms with Gasteiger partial charge in [-0.15, -0.1) is 0 Å². The van der Waals surface area contributed by atoms with E-state index in [1.807, 2.05) is 85.8 Å². The molecule has 13 nitrogen and oxygen atoms in total. The lowest BCUT2D eigenvalue weighted by atomic mass is 9.84. The number of amides is 1. The Balaban J connectivity index is 1.29. The van der Waals surface area contributed by atoms with Crippen LogP contribution in [0.4, 0.5) is 0 Å². The molecular weight excluding hydrogens is 732 g/mol. The predicted molar refractivity (Wildman–Crippen MR) is 213 cm³/mol. The first-order valence-electron chi connectivity index (χ1n) is 19.8. The van der Waals surface area contributed by atoms with Crippen molar-refractivity contribution in [1.82, 2.24) is 10.3 Å². The topological polar surface area (TPSA) is 149 Å². The summed E-state index contributed by atoms with van der Waals surface area (Å²) < 4.78 is 36.3. The SMILES string of the molecule is CCC(O)COC1CN(C(=O)CCCCCON(O)O)CC(OCc2cc(OC)c3ccccc3c2)C1c1ccc(OCCCOCc2ccccc2OC)cc1. The normalized spacial score (nSPS) is 17.5. The van der Waals surface area contributed by atoms with Crippen molar-refractivity contribution >= 4 is 16.7 Å². The fourth-order valence-electron chi connectivity index (χ4n) is 7.06. The lowest BCUT2D eigenvalue weighted by Gasteiger charge is -2.44. The molecule has 4 unspecified atom stereocenters. The summed E-state index contributed by atoms with van der Waals surface area (Å²) in [4.78, 5) is 20.1. The predicted octanol–water partition coefficient (Wildman–Crippen LogP) is 7.08. The molecule has 0 bridgehead atoms. The van der Waals surface area contributed by atoms with E-state index >= 15 is 0 Å². The zero-order valence-corrected chi connectivity index (χ0v) is 33.3. The van der Waals surface area contributed by atoms with Crippen molar-refractivity contribution in [2.24, 2.45) is 0 Å². The van der Waals surface area contributed by atoms with Gasteiger partial charge >= 0.3 is 0 Å². The van der Waals surface area contributed by atoms with Crippen molar-refractivity contribution in [3.63, 3.8) is 0 Å². The third-order valence-electron chi connectivity index (χ3n) is 10.2. The maximum absolute atomic E-state index is 13.7. The van der Waals surface area contributed by atoms with E-state index in [0.717, 1.165) is 44.7 Å². The highest BCUT2D eigenvalue weighted by Gasteiger charge is 2.41. The second-order valence-electron chi connectivity index (χ2n) is 14.2. The first-order chi connectivity index (χ1) is 27.8. The molecule has 13 heteroatoms. The molecule has 0 aliphatic carbocycles. The molecule has 310 valence electrons. The number of aliphatic hydroxyl groups excluding tert-OH is 1. The average molecular weight is 791 g/mol. The summed E-state index contributed by atoms with van der Waals surface area (Å²) in [5.41, 5.74) is 2.92. The van der Waals surface area contributed by atoms with Gasteiger partial charge in [-0.3, -0.25) is 20.0 Å². The first kappa shape index (κ1) is 43.8. The minimum Gasteiger partial charge on any atom is -0.496 e. The molecular formula is C44H58N2O11. The molecule has 0 spiro atoms. The number of piperidine rings is 1. The number of para-hydroxylation sites is 1. The van der Waals surface area contributed by atoms with Crippen LogP contribution < -0.4 is 14.2 Å². The van der Waals surface area contributed by atoms with Gasteiger partial charge in [0.15, 0.2) is 0 Å². The molecule has 4 atom stereocenters. The van der Waals surface area contributed by atoms with E-state index in [9.17, 15) is 9.90 Å². The summed E-state index contributed by atoms with van der Waals surface area (Å²) in [6.45, 7) is 4.62. The summed E-state index contributed by atoms with van der Waals surface area (Å²) in [5.74, 6) is 2.01. The van der Waals surface area contributed by atoms with Gasteiger partial charge in [0, 0.05) is 42.8 Å². The number of unbranched alkanes of at least 4 members (excludes halogenated alkanes) is 2. The standard InChI is InChI=1S/C44H58N2O11/c1-4-36(47)31-56-42-28-45(43(48)17-6-5-11-24-57-46(49)50)27-41(55-29-32-25-34-13-7-9-15-38(34)40(26-32)52-3)44(42)33-18-20-37(21-19-33)54-23-12-22-53-30-35-14-8-10-16-39(35)51-2/h7-10,13-16,18-21,25-26,36,41-42,44,47,49-50H,4-6,11-12,17,22-24,27-31H2,1-3H3. The molecule has 57 heavy (non-hydrogen) atoms. The van der Waals surface area contributed by atoms with Crippen molar-refractivity contribution in [2.75, 3.05) is 53.7 Å². The van der Waals surface area contributed by atoms with Crippen molar-refractivity contribution in [3.05, 3.63) is 102 Å². The van der Waals surface area contributed by atoms with Crippen LogP contribution in [0.3, 0.4) is 0 Å². The number of benzene rings is 4. The Kier molecular flexibility index (Phi) is 17.8. The van der Waals surface area contributed by atoms with E-state index in [0.29, 0.717) is 71.4 Å². The summed E-state index contributed by atoms with van der Waals surface area (Å²) in [6.07, 6.45) is 1.86. The molecule has 0 saturated carbocycles. The van der Waals surface area contributed by atoms with Gasteiger partial charge in [0.2, 0.25) is 5.91 Å². The van der Waals surface area contributed by atoms with Gasteiger partial charge in [-0.2, -0.15) is 0 Å². The van der Waals surface area contributed by atoms with Gasteiger partial charge < -0.3 is 38.4 Å². The monoisotopic (exact) mass is 790 g/mol. The maximum atomic E-state index is 13.7. The number of aliphatic hydroxyl groups is 1. The summed E-state index contributed by atoms with van der Waals surface area (Å²) >= 11 is 0. The van der Waals surface area contributed by atoms with Crippen LogP contribution in [0.25, 0.3) is 10.8 Å². The van der Waals surface area contributed by atoms with Gasteiger partial charge in [0.25, 0.3) is 0 Å². The molecule has 4 aromatic carbocycles. The summed E-state index contributed by atoms with van der Waals surface area (Å²) in [5, 5.41) is 29.8. The number of ether oxygens (including phenoxy) is 6. The molecule has 1 heterocycles. The van der Waals surface area contributed by atoms with Crippen LogP contribution in [0, 0.1) is 0 Å². The van der Waals surface area contributed by atoms with Gasteiger partial charge in [-0.25, -0.2) is 0 Å². The summed E-state index contributed by atoms with van der Waals surface area (Å²) in [6, 6.07) is 27.9. The number of fused-ring (bicyclic) bond motifs is 1. The molecule has 1 amide bonds. The molecule has 1 saturated heterocycles. The van der Waals surface area contributed by atoms with E-state index in [4.69, 9.17) is 38.8 Å². The highest BCUT2D eigenvalue weighted by molar-refractivity contribution is 5.89. The van der Waals surface area contributed by atoms with E-state index < -0.39 is 18.3 Å². The Labute approximate surface area is 335 Å². The number of hydrogen-bond donors (Lipinski definition) is 3. The van der Waals surface area contributed by atoms with Crippen LogP contribution in [0.1, 0.15) is 68.1 Å². The minimum atomic E-state index is -0.647. The van der Waals surface area contributed by atoms with Crippen molar-refractivity contribution < 1.29 is 53.6 Å². The van der Waals surface area contributed by atoms with E-state index in [1.54, 1.807) is 19.1 Å². The zero-order chi connectivity index (χ0) is 40.4. The van der Waals surface area contributed by atoms with Crippen molar-refractivity contribution in [3.8, 4) is 17.2 Å². The van der Waals surface area contributed by atoms with E-state index in [2.05, 4.69) is 10.9 Å². The minimum absolute atomic E-state index is 0.0263. The average Bonchev–Trinajstić information content (AvgIpc) is 3.24. The third-order valence-corrected chi connectivity index (χ3v) is 10.2. The van der Waals surface area contributed by atoms with Crippen LogP contribution >= 0.6 is 0 Å². The Bertz CT molecular complexity index is 1790. The third kappa shape index (κ3) is 13.4. The maximum Gasteiger partial charge on any atom is 0.222 e. The highest BCUT2D eigenvalue weighted by Crippen LogP contribution is 2.36. The Morgan fingerprint density at radius 2 is 1.54 bits per heavy atom. The number of nitrogens with zero attached hydrogens (tertiary/aromatic N) is 2. The largest absolute Gasteiger partial charge is 0.496 e. The quantitative estimate of drug-likeness (QED) is 0.0492. The van der Waals surface area contributed by atoms with Crippen LogP contribution in [-0.4, -0.2) is 104 Å². The molecule has 3 N–H and O–H groups in total. The number of rotatable bonds is 24. The Morgan fingerprint density at radius 3 is 2.30 bits per heavy atom. The number of carbonyl (C=O) groups is 1. The molecule has 5 rings (SSSR count). The highest BCUT2D eigenvalue weighted by atomic mass is 17.1. The number of likely N-dealkylation sites (tertiary alicyclic amines) is 1. The first-order valence-corrected chi connectivity index (χ1v) is 19.8. The van der Waals surface area contributed by atoms with Crippen molar-refractivity contribution in [2.45, 2.75) is 82.9 Å². The number of methoxy groups -OCH3 is 2. The van der Waals surface area contributed by atoms with Crippen LogP contribution in [0.2, 0.25) is 0 Å². The number of carbonyl (C=O) groups excluding carboxylic acids is 1. The number of hydrogen-bond acceptors (Lipinski definition) is 12. The molecule has 0 radical (unpaired) electrons. The molecule has 1 aliphatic heterocycles. The molecule has 4 aromatic rings. The zero-order valence-electron chi connectivity index (χ0n) is 33.3. The lowest BCUT2D eigenvalue weighted by molar-refractivity contribution is -0.492.